The minimum Gasteiger partial charge on any atom is -0.378 e. The Balaban J connectivity index is 1.80. The van der Waals surface area contributed by atoms with E-state index in [9.17, 15) is 4.79 Å². The van der Waals surface area contributed by atoms with Gasteiger partial charge >= 0.3 is 0 Å². The van der Waals surface area contributed by atoms with Crippen LogP contribution < -0.4 is 10.2 Å². The summed E-state index contributed by atoms with van der Waals surface area (Å²) in [6.45, 7) is 3.03. The molecule has 0 aliphatic carbocycles. The third kappa shape index (κ3) is 2.62. The number of carbonyl (C=O) groups is 1. The van der Waals surface area contributed by atoms with Crippen LogP contribution in [0, 0.1) is 0 Å². The van der Waals surface area contributed by atoms with Crippen LogP contribution in [0.3, 0.4) is 0 Å². The average Bonchev–Trinajstić information content (AvgIpc) is 3.03. The van der Waals surface area contributed by atoms with Crippen molar-refractivity contribution in [3.8, 4) is 0 Å². The number of carbonyl (C=O) groups excluding carboxylic acids is 1. The number of benzene rings is 1. The Labute approximate surface area is 116 Å². The van der Waals surface area contributed by atoms with E-state index in [0.29, 0.717) is 13.2 Å². The van der Waals surface area contributed by atoms with E-state index in [2.05, 4.69) is 25.4 Å². The highest BCUT2D eigenvalue weighted by atomic mass is 16.5. The number of anilines is 2. The Kier molecular flexibility index (Phi) is 3.60. The lowest BCUT2D eigenvalue weighted by molar-refractivity contribution is 0.101. The van der Waals surface area contributed by atoms with Crippen molar-refractivity contribution in [1.29, 1.82) is 0 Å². The van der Waals surface area contributed by atoms with Crippen molar-refractivity contribution in [2.75, 3.05) is 36.5 Å². The first-order valence-corrected chi connectivity index (χ1v) is 6.43. The molecule has 2 aromatic rings. The molecule has 0 unspecified atom stereocenters. The Morgan fingerprint density at radius 1 is 1.30 bits per heavy atom. The molecule has 1 fully saturated rings. The molecule has 1 saturated heterocycles. The SMILES string of the molecule is O=C(Nc1ccccc1N1CCOCC1)c1ncn[nH]1. The van der Waals surface area contributed by atoms with Gasteiger partial charge in [0.05, 0.1) is 24.6 Å². The van der Waals surface area contributed by atoms with E-state index < -0.39 is 0 Å². The van der Waals surface area contributed by atoms with Crippen LogP contribution in [0.2, 0.25) is 0 Å². The van der Waals surface area contributed by atoms with Gasteiger partial charge in [-0.2, -0.15) is 5.10 Å². The van der Waals surface area contributed by atoms with Gasteiger partial charge in [0.2, 0.25) is 5.82 Å². The molecule has 0 radical (unpaired) electrons. The summed E-state index contributed by atoms with van der Waals surface area (Å²) in [5.41, 5.74) is 1.75. The van der Waals surface area contributed by atoms with Crippen LogP contribution in [0.4, 0.5) is 11.4 Å². The second-order valence-electron chi connectivity index (χ2n) is 4.40. The van der Waals surface area contributed by atoms with Gasteiger partial charge in [-0.25, -0.2) is 4.98 Å². The molecular formula is C13H15N5O2. The maximum Gasteiger partial charge on any atom is 0.293 e. The summed E-state index contributed by atoms with van der Waals surface area (Å²) in [4.78, 5) is 18.1. The van der Waals surface area contributed by atoms with Gasteiger partial charge in [-0.1, -0.05) is 12.1 Å². The zero-order valence-corrected chi connectivity index (χ0v) is 10.9. The number of amides is 1. The van der Waals surface area contributed by atoms with E-state index in [4.69, 9.17) is 4.74 Å². The molecule has 20 heavy (non-hydrogen) atoms. The van der Waals surface area contributed by atoms with Crippen molar-refractivity contribution >= 4 is 17.3 Å². The first kappa shape index (κ1) is 12.6. The number of hydrogen-bond acceptors (Lipinski definition) is 5. The number of rotatable bonds is 3. The van der Waals surface area contributed by atoms with Crippen LogP contribution >= 0.6 is 0 Å². The average molecular weight is 273 g/mol. The quantitative estimate of drug-likeness (QED) is 0.868. The fraction of sp³-hybridized carbons (Fsp3) is 0.308. The van der Waals surface area contributed by atoms with Gasteiger partial charge in [0.15, 0.2) is 0 Å². The fourth-order valence-corrected chi connectivity index (χ4v) is 2.16. The summed E-state index contributed by atoms with van der Waals surface area (Å²) < 4.78 is 5.35. The van der Waals surface area contributed by atoms with Crippen molar-refractivity contribution < 1.29 is 9.53 Å². The summed E-state index contributed by atoms with van der Waals surface area (Å²) in [5.74, 6) is -0.106. The lowest BCUT2D eigenvalue weighted by Crippen LogP contribution is -2.36. The first-order chi connectivity index (χ1) is 9.84. The van der Waals surface area contributed by atoms with Gasteiger partial charge in [-0.05, 0) is 12.1 Å². The summed E-state index contributed by atoms with van der Waals surface area (Å²) >= 11 is 0. The van der Waals surface area contributed by atoms with E-state index in [-0.39, 0.29) is 11.7 Å². The molecule has 2 N–H and O–H groups in total. The van der Waals surface area contributed by atoms with Crippen LogP contribution in [0.1, 0.15) is 10.6 Å². The Morgan fingerprint density at radius 3 is 2.85 bits per heavy atom. The van der Waals surface area contributed by atoms with E-state index >= 15 is 0 Å². The summed E-state index contributed by atoms with van der Waals surface area (Å²) in [6.07, 6.45) is 1.31. The Morgan fingerprint density at radius 2 is 2.10 bits per heavy atom. The smallest absolute Gasteiger partial charge is 0.293 e. The number of hydrogen-bond donors (Lipinski definition) is 2. The zero-order valence-electron chi connectivity index (χ0n) is 10.9. The van der Waals surface area contributed by atoms with Crippen LogP contribution in [-0.4, -0.2) is 47.4 Å². The lowest BCUT2D eigenvalue weighted by atomic mass is 10.2. The molecule has 1 aromatic carbocycles. The predicted molar refractivity (Wildman–Crippen MR) is 73.8 cm³/mol. The summed E-state index contributed by atoms with van der Waals surface area (Å²) in [7, 11) is 0. The number of para-hydroxylation sites is 2. The van der Waals surface area contributed by atoms with Crippen molar-refractivity contribution in [3.05, 3.63) is 36.4 Å². The van der Waals surface area contributed by atoms with E-state index in [1.54, 1.807) is 0 Å². The van der Waals surface area contributed by atoms with Gasteiger partial charge in [0.25, 0.3) is 5.91 Å². The Bertz CT molecular complexity index is 578. The monoisotopic (exact) mass is 273 g/mol. The summed E-state index contributed by atoms with van der Waals surface area (Å²) in [5, 5.41) is 9.08. The van der Waals surface area contributed by atoms with Crippen LogP contribution in [-0.2, 0) is 4.74 Å². The second kappa shape index (κ2) is 5.70. The number of aromatic nitrogens is 3. The maximum atomic E-state index is 12.0. The first-order valence-electron chi connectivity index (χ1n) is 6.43. The molecule has 0 atom stereocenters. The van der Waals surface area contributed by atoms with Crippen LogP contribution in [0.5, 0.6) is 0 Å². The number of H-pyrrole nitrogens is 1. The molecule has 7 nitrogen and oxygen atoms in total. The van der Waals surface area contributed by atoms with E-state index in [1.807, 2.05) is 24.3 Å². The molecule has 1 aliphatic heterocycles. The summed E-state index contributed by atoms with van der Waals surface area (Å²) in [6, 6.07) is 7.70. The molecular weight excluding hydrogens is 258 g/mol. The largest absolute Gasteiger partial charge is 0.378 e. The molecule has 104 valence electrons. The van der Waals surface area contributed by atoms with Crippen molar-refractivity contribution in [2.45, 2.75) is 0 Å². The minimum atomic E-state index is -0.303. The maximum absolute atomic E-state index is 12.0. The molecule has 1 aliphatic rings. The number of nitrogens with zero attached hydrogens (tertiary/aromatic N) is 3. The van der Waals surface area contributed by atoms with Crippen molar-refractivity contribution in [1.82, 2.24) is 15.2 Å². The third-order valence-electron chi connectivity index (χ3n) is 3.13. The molecule has 2 heterocycles. The molecule has 0 spiro atoms. The number of nitrogens with one attached hydrogen (secondary N) is 2. The van der Waals surface area contributed by atoms with Gasteiger partial charge in [0, 0.05) is 13.1 Å². The third-order valence-corrected chi connectivity index (χ3v) is 3.13. The normalized spacial score (nSPS) is 15.1. The Hall–Kier alpha value is -2.41. The van der Waals surface area contributed by atoms with Crippen molar-refractivity contribution in [3.63, 3.8) is 0 Å². The molecule has 7 heteroatoms. The molecule has 3 rings (SSSR count). The standard InChI is InChI=1S/C13H15N5O2/c19-13(12-14-9-15-17-12)16-10-3-1-2-4-11(10)18-5-7-20-8-6-18/h1-4,9H,5-8H2,(H,16,19)(H,14,15,17). The van der Waals surface area contributed by atoms with E-state index in [0.717, 1.165) is 24.5 Å². The highest BCUT2D eigenvalue weighted by molar-refractivity contribution is 6.03. The zero-order chi connectivity index (χ0) is 13.8. The van der Waals surface area contributed by atoms with Gasteiger partial charge < -0.3 is 15.0 Å². The van der Waals surface area contributed by atoms with Crippen LogP contribution in [0.15, 0.2) is 30.6 Å². The van der Waals surface area contributed by atoms with Crippen molar-refractivity contribution in [2.24, 2.45) is 0 Å². The van der Waals surface area contributed by atoms with Crippen LogP contribution in [0.25, 0.3) is 0 Å². The molecule has 0 bridgehead atoms. The lowest BCUT2D eigenvalue weighted by Gasteiger charge is -2.30. The molecule has 1 amide bonds. The highest BCUT2D eigenvalue weighted by Crippen LogP contribution is 2.26. The fourth-order valence-electron chi connectivity index (χ4n) is 2.16. The molecule has 1 aromatic heterocycles. The predicted octanol–water partition coefficient (Wildman–Crippen LogP) is 0.894. The second-order valence-corrected chi connectivity index (χ2v) is 4.40. The topological polar surface area (TPSA) is 83.1 Å². The van der Waals surface area contributed by atoms with E-state index in [1.165, 1.54) is 6.33 Å². The number of aromatic amines is 1. The van der Waals surface area contributed by atoms with Gasteiger partial charge in [-0.3, -0.25) is 9.89 Å². The van der Waals surface area contributed by atoms with Gasteiger partial charge in [0.1, 0.15) is 6.33 Å². The molecule has 0 saturated carbocycles. The highest BCUT2D eigenvalue weighted by Gasteiger charge is 2.17. The number of ether oxygens (including phenoxy) is 1. The van der Waals surface area contributed by atoms with Gasteiger partial charge in [-0.15, -0.1) is 0 Å². The number of morpholine rings is 1. The minimum absolute atomic E-state index is 0.196.